The van der Waals surface area contributed by atoms with Gasteiger partial charge in [-0.15, -0.1) is 16.9 Å². The van der Waals surface area contributed by atoms with Crippen LogP contribution in [0.4, 0.5) is 0 Å². The molecule has 2 aliphatic heterocycles. The number of tetrazole rings is 1. The first-order valence-electron chi connectivity index (χ1n) is 10.3. The zero-order valence-electron chi connectivity index (χ0n) is 18.1. The zero-order chi connectivity index (χ0) is 25.3. The lowest BCUT2D eigenvalue weighted by Gasteiger charge is -2.50. The molecule has 35 heavy (non-hydrogen) atoms. The van der Waals surface area contributed by atoms with Crippen LogP contribution in [0, 0.1) is 6.92 Å². The highest BCUT2D eigenvalue weighted by molar-refractivity contribution is 8.00. The molecule has 3 unspecified atom stereocenters. The van der Waals surface area contributed by atoms with Crippen molar-refractivity contribution in [3.05, 3.63) is 53.0 Å². The average molecular weight is 521 g/mol. The smallest absolute Gasteiger partial charge is 0.352 e. The monoisotopic (exact) mass is 520 g/mol. The minimum absolute atomic E-state index is 0.107. The van der Waals surface area contributed by atoms with E-state index in [1.54, 1.807) is 31.2 Å². The van der Waals surface area contributed by atoms with Crippen molar-refractivity contribution in [2.45, 2.75) is 36.1 Å². The van der Waals surface area contributed by atoms with Crippen LogP contribution in [0.2, 0.25) is 0 Å². The number of carbonyl (C=O) groups excluding carboxylic acids is 2. The van der Waals surface area contributed by atoms with Gasteiger partial charge in [-0.2, -0.15) is 4.09 Å². The van der Waals surface area contributed by atoms with Crippen LogP contribution < -0.4 is 5.32 Å². The first-order chi connectivity index (χ1) is 16.7. The highest BCUT2D eigenvalue weighted by Gasteiger charge is 2.55. The van der Waals surface area contributed by atoms with E-state index < -0.39 is 52.9 Å². The van der Waals surface area contributed by atoms with Crippen LogP contribution in [-0.2, 0) is 19.2 Å². The summed E-state index contributed by atoms with van der Waals surface area (Å²) in [6, 6.07) is 5.75. The van der Waals surface area contributed by atoms with Crippen LogP contribution in [0.5, 0.6) is 0 Å². The second-order valence-electron chi connectivity index (χ2n) is 7.74. The molecule has 0 saturated carbocycles. The van der Waals surface area contributed by atoms with E-state index in [0.29, 0.717) is 11.1 Å². The molecule has 2 aromatic rings. The van der Waals surface area contributed by atoms with E-state index in [4.69, 9.17) is 0 Å². The molecule has 3 heterocycles. The van der Waals surface area contributed by atoms with E-state index in [1.807, 2.05) is 0 Å². The predicted octanol–water partition coefficient (Wildman–Crippen LogP) is -0.207. The fourth-order valence-electron chi connectivity index (χ4n) is 3.87. The van der Waals surface area contributed by atoms with Crippen molar-refractivity contribution in [1.29, 1.82) is 0 Å². The minimum Gasteiger partial charge on any atom is -0.481 e. The van der Waals surface area contributed by atoms with Gasteiger partial charge < -0.3 is 20.6 Å². The maximum Gasteiger partial charge on any atom is 0.352 e. The number of aliphatic carboxylic acids is 2. The second kappa shape index (κ2) is 10.1. The van der Waals surface area contributed by atoms with Crippen molar-refractivity contribution >= 4 is 47.5 Å². The summed E-state index contributed by atoms with van der Waals surface area (Å²) >= 11 is 2.11. The van der Waals surface area contributed by atoms with Crippen LogP contribution in [0.15, 0.2) is 41.9 Å². The zero-order valence-corrected chi connectivity index (χ0v) is 19.8. The van der Waals surface area contributed by atoms with Crippen LogP contribution in [0.3, 0.4) is 0 Å². The fourth-order valence-corrected chi connectivity index (χ4v) is 6.37. The van der Waals surface area contributed by atoms with Crippen molar-refractivity contribution in [1.82, 2.24) is 29.8 Å². The molecule has 0 aliphatic carbocycles. The number of β-lactam (4-membered cyclic amide) rings is 1. The van der Waals surface area contributed by atoms with Gasteiger partial charge in [0.05, 0.1) is 11.7 Å². The maximum atomic E-state index is 12.9. The van der Waals surface area contributed by atoms with Gasteiger partial charge in [0.15, 0.2) is 12.4 Å². The third-order valence-corrected chi connectivity index (χ3v) is 7.93. The molecule has 2 aliphatic rings. The van der Waals surface area contributed by atoms with Crippen molar-refractivity contribution in [3.63, 3.8) is 0 Å². The normalized spacial score (nSPS) is 21.1. The SMILES string of the molecule is Cc1ccccc1C(O)C(=O)NC1C(=O)N2C(C(=O)O)=C(C(CC(=O)O)Sn3cnnn3)CS[C@@H]12. The number of carbonyl (C=O) groups is 4. The largest absolute Gasteiger partial charge is 0.481 e. The van der Waals surface area contributed by atoms with Gasteiger partial charge >= 0.3 is 11.9 Å². The van der Waals surface area contributed by atoms with E-state index in [1.165, 1.54) is 22.2 Å². The van der Waals surface area contributed by atoms with Crippen molar-refractivity contribution < 1.29 is 34.5 Å². The summed E-state index contributed by atoms with van der Waals surface area (Å²) in [6.45, 7) is 1.74. The number of aromatic nitrogens is 4. The molecule has 4 rings (SSSR count). The third-order valence-electron chi connectivity index (χ3n) is 5.54. The summed E-state index contributed by atoms with van der Waals surface area (Å²) in [5.41, 5.74) is 1.01. The number of carboxylic acids is 2. The Labute approximate surface area is 206 Å². The highest BCUT2D eigenvalue weighted by atomic mass is 32.2. The van der Waals surface area contributed by atoms with Crippen LogP contribution in [0.1, 0.15) is 23.7 Å². The van der Waals surface area contributed by atoms with Gasteiger partial charge in [0.25, 0.3) is 11.8 Å². The number of aliphatic hydroxyl groups excluding tert-OH is 1. The summed E-state index contributed by atoms with van der Waals surface area (Å²) in [7, 11) is 0. The summed E-state index contributed by atoms with van der Waals surface area (Å²) in [5, 5.41) is 41.3. The van der Waals surface area contributed by atoms with E-state index in [-0.39, 0.29) is 17.0 Å². The van der Waals surface area contributed by atoms with Crippen LogP contribution >= 0.6 is 23.7 Å². The molecule has 15 heteroatoms. The fraction of sp³-hybridized carbons (Fsp3) is 0.350. The summed E-state index contributed by atoms with van der Waals surface area (Å²) < 4.78 is 1.21. The van der Waals surface area contributed by atoms with Crippen molar-refractivity contribution in [2.24, 2.45) is 0 Å². The number of aliphatic hydroxyl groups is 1. The number of rotatable bonds is 9. The Morgan fingerprint density at radius 2 is 2.03 bits per heavy atom. The molecule has 1 fully saturated rings. The number of hydrogen-bond donors (Lipinski definition) is 4. The molecule has 4 atom stereocenters. The number of aryl methyl sites for hydroxylation is 1. The summed E-state index contributed by atoms with van der Waals surface area (Å²) in [4.78, 5) is 50.2. The van der Waals surface area contributed by atoms with Gasteiger partial charge in [0.1, 0.15) is 17.1 Å². The summed E-state index contributed by atoms with van der Waals surface area (Å²) in [6.07, 6.45) is -0.671. The first kappa shape index (κ1) is 24.7. The molecule has 0 bridgehead atoms. The summed E-state index contributed by atoms with van der Waals surface area (Å²) in [5.74, 6) is -3.89. The molecule has 4 N–H and O–H groups in total. The predicted molar refractivity (Wildman–Crippen MR) is 123 cm³/mol. The molecular weight excluding hydrogens is 500 g/mol. The average Bonchev–Trinajstić information content (AvgIpc) is 3.33. The lowest BCUT2D eigenvalue weighted by molar-refractivity contribution is -0.151. The highest BCUT2D eigenvalue weighted by Crippen LogP contribution is 2.43. The number of amides is 2. The maximum absolute atomic E-state index is 12.9. The first-order valence-corrected chi connectivity index (χ1v) is 12.1. The van der Waals surface area contributed by atoms with Gasteiger partial charge in [-0.1, -0.05) is 24.3 Å². The lowest BCUT2D eigenvalue weighted by Crippen LogP contribution is -2.71. The topological polar surface area (TPSA) is 188 Å². The van der Waals surface area contributed by atoms with E-state index >= 15 is 0 Å². The number of benzene rings is 1. The van der Waals surface area contributed by atoms with Gasteiger partial charge in [-0.3, -0.25) is 19.3 Å². The van der Waals surface area contributed by atoms with Crippen LogP contribution in [-0.4, -0.2) is 86.0 Å². The molecule has 1 aromatic carbocycles. The van der Waals surface area contributed by atoms with E-state index in [9.17, 15) is 34.5 Å². The molecular formula is C20H20N6O7S2. The molecule has 0 radical (unpaired) electrons. The molecule has 1 aromatic heterocycles. The lowest BCUT2D eigenvalue weighted by atomic mass is 9.99. The van der Waals surface area contributed by atoms with Gasteiger partial charge in [0, 0.05) is 5.75 Å². The number of hydrogen-bond acceptors (Lipinski definition) is 10. The standard InChI is InChI=1S/C20H20N6O7S2/c1-9-4-2-3-5-10(9)16(29)17(30)22-14-18(31)26-15(20(32)33)11(7-34-19(14)26)12(6-13(27)28)35-25-8-21-23-24-25/h2-5,8,12,14,16,19,29H,6-7H2,1H3,(H,22,30)(H,27,28)(H,32,33)/t12?,14?,16?,19-/m0/s1. The van der Waals surface area contributed by atoms with Gasteiger partial charge in [-0.25, -0.2) is 4.79 Å². The van der Waals surface area contributed by atoms with E-state index in [0.717, 1.165) is 16.8 Å². The Morgan fingerprint density at radius 1 is 1.29 bits per heavy atom. The molecule has 0 spiro atoms. The Balaban J connectivity index is 1.55. The Hall–Kier alpha value is -3.43. The molecule has 2 amide bonds. The van der Waals surface area contributed by atoms with Gasteiger partial charge in [0.2, 0.25) is 0 Å². The number of fused-ring (bicyclic) bond motifs is 1. The number of carboxylic acid groups (broad SMARTS) is 2. The molecule has 13 nitrogen and oxygen atoms in total. The molecule has 1 saturated heterocycles. The van der Waals surface area contributed by atoms with Crippen molar-refractivity contribution in [2.75, 3.05) is 5.75 Å². The Kier molecular flexibility index (Phi) is 7.09. The number of nitrogens with one attached hydrogen (secondary N) is 1. The Bertz CT molecular complexity index is 1200. The second-order valence-corrected chi connectivity index (χ2v) is 10.00. The number of nitrogens with zero attached hydrogens (tertiary/aromatic N) is 5. The third kappa shape index (κ3) is 4.87. The Morgan fingerprint density at radius 3 is 2.66 bits per heavy atom. The van der Waals surface area contributed by atoms with Crippen molar-refractivity contribution in [3.8, 4) is 0 Å². The quantitative estimate of drug-likeness (QED) is 0.319. The number of thioether (sulfide) groups is 1. The van der Waals surface area contributed by atoms with E-state index in [2.05, 4.69) is 20.8 Å². The van der Waals surface area contributed by atoms with Gasteiger partial charge in [-0.05, 0) is 46.0 Å². The van der Waals surface area contributed by atoms with Crippen LogP contribution in [0.25, 0.3) is 0 Å². The minimum atomic E-state index is -1.50. The molecule has 184 valence electrons.